The van der Waals surface area contributed by atoms with Crippen LogP contribution in [0.3, 0.4) is 0 Å². The van der Waals surface area contributed by atoms with E-state index in [9.17, 15) is 10.1 Å². The average Bonchev–Trinajstić information content (AvgIpc) is 2.54. The van der Waals surface area contributed by atoms with Gasteiger partial charge in [0.1, 0.15) is 6.61 Å². The molecule has 0 saturated heterocycles. The first-order valence-electron chi connectivity index (χ1n) is 7.21. The summed E-state index contributed by atoms with van der Waals surface area (Å²) in [6.07, 6.45) is 0.671. The van der Waals surface area contributed by atoms with Gasteiger partial charge in [-0.15, -0.1) is 10.1 Å². The number of anilines is 2. The number of hydrogen-bond acceptors (Lipinski definition) is 5. The van der Waals surface area contributed by atoms with Crippen LogP contribution in [0.25, 0.3) is 0 Å². The summed E-state index contributed by atoms with van der Waals surface area (Å²) in [5, 5.41) is 13.4. The smallest absolute Gasteiger partial charge is 0.294 e. The lowest BCUT2D eigenvalue weighted by Gasteiger charge is -2.11. The van der Waals surface area contributed by atoms with Gasteiger partial charge in [-0.3, -0.25) is 0 Å². The van der Waals surface area contributed by atoms with E-state index in [4.69, 9.17) is 27.9 Å². The standard InChI is InChI=1S/C16H16Cl2N2O4/c17-14-5-2-6-15(18)16(14)19-13-4-1-3-12(11-13)7-8-23-9-10-24-20(21)22/h1-6,11,19H,7-10H2. The van der Waals surface area contributed by atoms with Crippen LogP contribution >= 0.6 is 23.2 Å². The van der Waals surface area contributed by atoms with Crippen LogP contribution in [0.4, 0.5) is 11.4 Å². The van der Waals surface area contributed by atoms with Crippen molar-refractivity contribution in [2.24, 2.45) is 0 Å². The van der Waals surface area contributed by atoms with Crippen molar-refractivity contribution in [1.82, 2.24) is 0 Å². The van der Waals surface area contributed by atoms with Crippen molar-refractivity contribution in [2.75, 3.05) is 25.1 Å². The second-order valence-electron chi connectivity index (χ2n) is 4.84. The van der Waals surface area contributed by atoms with Crippen LogP contribution < -0.4 is 5.32 Å². The molecule has 0 atom stereocenters. The molecule has 0 saturated carbocycles. The van der Waals surface area contributed by atoms with E-state index in [1.807, 2.05) is 24.3 Å². The van der Waals surface area contributed by atoms with Crippen molar-refractivity contribution in [3.63, 3.8) is 0 Å². The minimum absolute atomic E-state index is 0.0698. The third-order valence-corrected chi connectivity index (χ3v) is 3.75. The Kier molecular flexibility index (Phi) is 7.11. The first kappa shape index (κ1) is 18.3. The van der Waals surface area contributed by atoms with E-state index in [1.165, 1.54) is 0 Å². The van der Waals surface area contributed by atoms with E-state index in [-0.39, 0.29) is 13.2 Å². The van der Waals surface area contributed by atoms with E-state index in [2.05, 4.69) is 10.2 Å². The van der Waals surface area contributed by atoms with Gasteiger partial charge in [0, 0.05) is 5.69 Å². The fourth-order valence-corrected chi connectivity index (χ4v) is 2.52. The SMILES string of the molecule is O=[N+]([O-])OCCOCCc1cccc(Nc2c(Cl)cccc2Cl)c1. The molecule has 0 aliphatic rings. The largest absolute Gasteiger partial charge is 0.379 e. The highest BCUT2D eigenvalue weighted by Crippen LogP contribution is 2.32. The number of benzene rings is 2. The molecule has 0 fully saturated rings. The predicted molar refractivity (Wildman–Crippen MR) is 93.7 cm³/mol. The Morgan fingerprint density at radius 1 is 1.04 bits per heavy atom. The van der Waals surface area contributed by atoms with Crippen LogP contribution in [0, 0.1) is 10.1 Å². The third-order valence-electron chi connectivity index (χ3n) is 3.12. The van der Waals surface area contributed by atoms with E-state index >= 15 is 0 Å². The summed E-state index contributed by atoms with van der Waals surface area (Å²) in [6.45, 7) is 0.547. The normalized spacial score (nSPS) is 10.4. The summed E-state index contributed by atoms with van der Waals surface area (Å²) in [6, 6.07) is 13.1. The van der Waals surface area contributed by atoms with Crippen LogP contribution in [-0.4, -0.2) is 24.9 Å². The summed E-state index contributed by atoms with van der Waals surface area (Å²) >= 11 is 12.3. The third kappa shape index (κ3) is 5.88. The van der Waals surface area contributed by atoms with Crippen molar-refractivity contribution in [2.45, 2.75) is 6.42 Å². The fraction of sp³-hybridized carbons (Fsp3) is 0.250. The maximum atomic E-state index is 9.99. The van der Waals surface area contributed by atoms with E-state index in [0.29, 0.717) is 28.8 Å². The van der Waals surface area contributed by atoms with Crippen LogP contribution in [0.5, 0.6) is 0 Å². The Hall–Kier alpha value is -2.02. The van der Waals surface area contributed by atoms with Gasteiger partial charge in [-0.05, 0) is 36.2 Å². The maximum Gasteiger partial charge on any atom is 0.294 e. The van der Waals surface area contributed by atoms with Crippen molar-refractivity contribution in [1.29, 1.82) is 0 Å². The van der Waals surface area contributed by atoms with Crippen LogP contribution in [0.2, 0.25) is 10.0 Å². The Labute approximate surface area is 149 Å². The number of hydrogen-bond donors (Lipinski definition) is 1. The Bertz CT molecular complexity index is 677. The molecule has 8 heteroatoms. The molecule has 2 rings (SSSR count). The highest BCUT2D eigenvalue weighted by Gasteiger charge is 2.06. The number of rotatable bonds is 9. The number of halogens is 2. The van der Waals surface area contributed by atoms with Gasteiger partial charge in [0.25, 0.3) is 5.09 Å². The fourth-order valence-electron chi connectivity index (χ4n) is 2.03. The molecule has 24 heavy (non-hydrogen) atoms. The van der Waals surface area contributed by atoms with E-state index < -0.39 is 5.09 Å². The lowest BCUT2D eigenvalue weighted by Crippen LogP contribution is -2.10. The molecular weight excluding hydrogens is 355 g/mol. The van der Waals surface area contributed by atoms with Crippen molar-refractivity contribution >= 4 is 34.6 Å². The van der Waals surface area contributed by atoms with Crippen LogP contribution in [0.1, 0.15) is 5.56 Å². The monoisotopic (exact) mass is 370 g/mol. The van der Waals surface area contributed by atoms with Crippen LogP contribution in [0.15, 0.2) is 42.5 Å². The quantitative estimate of drug-likeness (QED) is 0.399. The zero-order chi connectivity index (χ0) is 17.4. The van der Waals surface area contributed by atoms with Crippen molar-refractivity contribution in [3.8, 4) is 0 Å². The second-order valence-corrected chi connectivity index (χ2v) is 5.66. The number of ether oxygens (including phenoxy) is 1. The minimum atomic E-state index is -0.835. The lowest BCUT2D eigenvalue weighted by atomic mass is 10.1. The molecule has 0 amide bonds. The molecule has 0 aromatic heterocycles. The Morgan fingerprint density at radius 2 is 1.75 bits per heavy atom. The molecule has 0 unspecified atom stereocenters. The van der Waals surface area contributed by atoms with E-state index in [1.54, 1.807) is 18.2 Å². The summed E-state index contributed by atoms with van der Waals surface area (Å²) in [7, 11) is 0. The maximum absolute atomic E-state index is 9.99. The molecule has 128 valence electrons. The average molecular weight is 371 g/mol. The molecule has 1 N–H and O–H groups in total. The Morgan fingerprint density at radius 3 is 2.46 bits per heavy atom. The number of nitrogens with one attached hydrogen (secondary N) is 1. The molecule has 0 aliphatic carbocycles. The molecule has 2 aromatic rings. The number of para-hydroxylation sites is 1. The minimum Gasteiger partial charge on any atom is -0.379 e. The predicted octanol–water partition coefficient (Wildman–Crippen LogP) is 4.50. The van der Waals surface area contributed by atoms with Crippen molar-refractivity contribution in [3.05, 3.63) is 68.2 Å². The summed E-state index contributed by atoms with van der Waals surface area (Å²) in [4.78, 5) is 14.2. The molecule has 0 aliphatic heterocycles. The molecule has 0 bridgehead atoms. The highest BCUT2D eigenvalue weighted by molar-refractivity contribution is 6.39. The topological polar surface area (TPSA) is 73.6 Å². The molecule has 0 spiro atoms. The van der Waals surface area contributed by atoms with Crippen LogP contribution in [-0.2, 0) is 16.0 Å². The van der Waals surface area contributed by atoms with Gasteiger partial charge in [-0.25, -0.2) is 0 Å². The van der Waals surface area contributed by atoms with Gasteiger partial charge in [0.05, 0.1) is 28.9 Å². The molecular formula is C16H16Cl2N2O4. The van der Waals surface area contributed by atoms with Gasteiger partial charge < -0.3 is 14.9 Å². The van der Waals surface area contributed by atoms with Crippen molar-refractivity contribution < 1.29 is 14.7 Å². The summed E-state index contributed by atoms with van der Waals surface area (Å²) in [5.74, 6) is 0. The summed E-state index contributed by atoms with van der Waals surface area (Å²) in [5.41, 5.74) is 2.57. The number of nitrogens with zero attached hydrogens (tertiary/aromatic N) is 1. The molecule has 2 aromatic carbocycles. The lowest BCUT2D eigenvalue weighted by molar-refractivity contribution is -0.758. The molecule has 0 radical (unpaired) electrons. The first-order valence-corrected chi connectivity index (χ1v) is 7.97. The second kappa shape index (κ2) is 9.32. The summed E-state index contributed by atoms with van der Waals surface area (Å²) < 4.78 is 5.29. The van der Waals surface area contributed by atoms with Gasteiger partial charge >= 0.3 is 0 Å². The van der Waals surface area contributed by atoms with Gasteiger partial charge in [-0.1, -0.05) is 41.4 Å². The zero-order valence-corrected chi connectivity index (χ0v) is 14.2. The molecule has 6 nitrogen and oxygen atoms in total. The zero-order valence-electron chi connectivity index (χ0n) is 12.7. The van der Waals surface area contributed by atoms with Gasteiger partial charge in [-0.2, -0.15) is 0 Å². The van der Waals surface area contributed by atoms with E-state index in [0.717, 1.165) is 11.3 Å². The molecule has 0 heterocycles. The first-order chi connectivity index (χ1) is 11.6. The Balaban J connectivity index is 1.86. The van der Waals surface area contributed by atoms with Gasteiger partial charge in [0.15, 0.2) is 0 Å². The highest BCUT2D eigenvalue weighted by atomic mass is 35.5. The van der Waals surface area contributed by atoms with Gasteiger partial charge in [0.2, 0.25) is 0 Å².